The molecule has 0 bridgehead atoms. The Balaban J connectivity index is 2.94. The Morgan fingerprint density at radius 3 is 2.32 bits per heavy atom. The first kappa shape index (κ1) is 14.8. The third-order valence-corrected chi connectivity index (χ3v) is 2.49. The minimum absolute atomic E-state index is 0.192. The van der Waals surface area contributed by atoms with E-state index < -0.39 is 29.9 Å². The maximum atomic E-state index is 11.8. The number of carboxylic acid groups (broad SMARTS) is 1. The van der Waals surface area contributed by atoms with Gasteiger partial charge in [0.1, 0.15) is 23.2 Å². The number of phenols is 2. The number of aliphatic hydroxyl groups is 1. The van der Waals surface area contributed by atoms with Crippen LogP contribution in [0, 0.1) is 6.92 Å². The molecule has 0 saturated carbocycles. The Hall–Kier alpha value is -2.28. The first-order valence-corrected chi connectivity index (χ1v) is 5.38. The van der Waals surface area contributed by atoms with Crippen LogP contribution in [0.25, 0.3) is 0 Å². The van der Waals surface area contributed by atoms with Gasteiger partial charge in [0.15, 0.2) is 6.10 Å². The van der Waals surface area contributed by atoms with Crippen molar-refractivity contribution < 1.29 is 34.8 Å². The van der Waals surface area contributed by atoms with Gasteiger partial charge in [-0.3, -0.25) is 0 Å². The van der Waals surface area contributed by atoms with Crippen molar-refractivity contribution in [1.82, 2.24) is 0 Å². The zero-order chi connectivity index (χ0) is 14.7. The molecular formula is C12H14O7. The minimum Gasteiger partial charge on any atom is -0.508 e. The van der Waals surface area contributed by atoms with E-state index in [2.05, 4.69) is 0 Å². The molecule has 0 aliphatic rings. The van der Waals surface area contributed by atoms with Gasteiger partial charge in [0.05, 0.1) is 0 Å². The van der Waals surface area contributed by atoms with Gasteiger partial charge in [-0.2, -0.15) is 0 Å². The van der Waals surface area contributed by atoms with Crippen LogP contribution in [-0.2, 0) is 9.53 Å². The average molecular weight is 270 g/mol. The van der Waals surface area contributed by atoms with Crippen molar-refractivity contribution >= 4 is 11.9 Å². The van der Waals surface area contributed by atoms with Crippen LogP contribution in [-0.4, -0.2) is 44.6 Å². The van der Waals surface area contributed by atoms with Crippen molar-refractivity contribution in [3.05, 3.63) is 23.3 Å². The van der Waals surface area contributed by atoms with Crippen molar-refractivity contribution in [2.45, 2.75) is 26.1 Å². The van der Waals surface area contributed by atoms with Crippen LogP contribution in [0.4, 0.5) is 0 Å². The summed E-state index contributed by atoms with van der Waals surface area (Å²) < 4.78 is 4.75. The molecule has 0 aliphatic carbocycles. The summed E-state index contributed by atoms with van der Waals surface area (Å²) in [7, 11) is 0. The van der Waals surface area contributed by atoms with Crippen LogP contribution in [0.15, 0.2) is 12.1 Å². The standard InChI is InChI=1S/C12H14O7/c1-5-3-7(13)4-8(14)9(5)12(18)19-6(2)10(15)11(16)17/h3-4,6,10,13-15H,1-2H3,(H,16,17). The highest BCUT2D eigenvalue weighted by molar-refractivity contribution is 5.94. The number of aliphatic hydroxyl groups excluding tert-OH is 1. The molecule has 2 atom stereocenters. The van der Waals surface area contributed by atoms with E-state index in [0.717, 1.165) is 6.07 Å². The van der Waals surface area contributed by atoms with Crippen LogP contribution in [0.5, 0.6) is 11.5 Å². The van der Waals surface area contributed by atoms with E-state index in [9.17, 15) is 24.9 Å². The number of aliphatic carboxylic acids is 1. The van der Waals surface area contributed by atoms with Gasteiger partial charge in [0.25, 0.3) is 0 Å². The predicted octanol–water partition coefficient (Wildman–Crippen LogP) is 0.397. The summed E-state index contributed by atoms with van der Waals surface area (Å²) >= 11 is 0. The average Bonchev–Trinajstić information content (AvgIpc) is 2.25. The second kappa shape index (κ2) is 5.57. The molecule has 19 heavy (non-hydrogen) atoms. The van der Waals surface area contributed by atoms with Crippen molar-refractivity contribution in [1.29, 1.82) is 0 Å². The normalized spacial score (nSPS) is 13.6. The third-order valence-electron chi connectivity index (χ3n) is 2.49. The third kappa shape index (κ3) is 3.35. The molecule has 1 aromatic rings. The smallest absolute Gasteiger partial charge is 0.342 e. The van der Waals surface area contributed by atoms with Gasteiger partial charge >= 0.3 is 11.9 Å². The van der Waals surface area contributed by atoms with Gasteiger partial charge in [0.2, 0.25) is 0 Å². The zero-order valence-corrected chi connectivity index (χ0v) is 10.3. The number of carbonyl (C=O) groups is 2. The molecule has 0 aromatic heterocycles. The summed E-state index contributed by atoms with van der Waals surface area (Å²) in [5.74, 6) is -3.21. The molecule has 0 heterocycles. The van der Waals surface area contributed by atoms with E-state index in [1.807, 2.05) is 0 Å². The van der Waals surface area contributed by atoms with Crippen molar-refractivity contribution in [3.8, 4) is 11.5 Å². The fourth-order valence-electron chi connectivity index (χ4n) is 1.51. The number of aromatic hydroxyl groups is 2. The maximum absolute atomic E-state index is 11.8. The summed E-state index contributed by atoms with van der Waals surface area (Å²) in [5.41, 5.74) is 0.0711. The summed E-state index contributed by atoms with van der Waals surface area (Å²) in [6, 6.07) is 2.20. The number of phenolic OH excluding ortho intramolecular Hbond substituents is 2. The number of carboxylic acids is 1. The van der Waals surface area contributed by atoms with Crippen molar-refractivity contribution in [3.63, 3.8) is 0 Å². The fraction of sp³-hybridized carbons (Fsp3) is 0.333. The van der Waals surface area contributed by atoms with Gasteiger partial charge in [-0.15, -0.1) is 0 Å². The molecule has 1 aromatic carbocycles. The Morgan fingerprint density at radius 2 is 1.84 bits per heavy atom. The van der Waals surface area contributed by atoms with Crippen LogP contribution in [0.2, 0.25) is 0 Å². The van der Waals surface area contributed by atoms with E-state index in [1.165, 1.54) is 19.9 Å². The lowest BCUT2D eigenvalue weighted by molar-refractivity contribution is -0.152. The molecule has 0 spiro atoms. The lowest BCUT2D eigenvalue weighted by Crippen LogP contribution is -2.35. The summed E-state index contributed by atoms with van der Waals surface area (Å²) in [6.45, 7) is 2.68. The molecule has 1 rings (SSSR count). The molecular weight excluding hydrogens is 256 g/mol. The molecule has 0 saturated heterocycles. The Bertz CT molecular complexity index is 486. The molecule has 4 N–H and O–H groups in total. The number of ether oxygens (including phenoxy) is 1. The fourth-order valence-corrected chi connectivity index (χ4v) is 1.51. The van der Waals surface area contributed by atoms with E-state index in [0.29, 0.717) is 0 Å². The van der Waals surface area contributed by atoms with E-state index in [4.69, 9.17) is 9.84 Å². The topological polar surface area (TPSA) is 124 Å². The Kier molecular flexibility index (Phi) is 4.34. The van der Waals surface area contributed by atoms with E-state index >= 15 is 0 Å². The number of hydrogen-bond acceptors (Lipinski definition) is 6. The predicted molar refractivity (Wildman–Crippen MR) is 63.0 cm³/mol. The highest BCUT2D eigenvalue weighted by atomic mass is 16.6. The summed E-state index contributed by atoms with van der Waals surface area (Å²) in [5, 5.41) is 36.5. The SMILES string of the molecule is Cc1cc(O)cc(O)c1C(=O)OC(C)C(O)C(=O)O. The lowest BCUT2D eigenvalue weighted by atomic mass is 10.1. The first-order chi connectivity index (χ1) is 8.73. The van der Waals surface area contributed by atoms with Gasteiger partial charge in [-0.25, -0.2) is 9.59 Å². The zero-order valence-electron chi connectivity index (χ0n) is 10.3. The number of hydrogen-bond donors (Lipinski definition) is 4. The lowest BCUT2D eigenvalue weighted by Gasteiger charge is -2.17. The highest BCUT2D eigenvalue weighted by Gasteiger charge is 2.27. The molecule has 0 radical (unpaired) electrons. The molecule has 7 nitrogen and oxygen atoms in total. The number of esters is 1. The van der Waals surface area contributed by atoms with Gasteiger partial charge in [-0.05, 0) is 25.5 Å². The number of aryl methyl sites for hydroxylation is 1. The quantitative estimate of drug-likeness (QED) is 0.583. The Morgan fingerprint density at radius 1 is 1.26 bits per heavy atom. The van der Waals surface area contributed by atoms with Crippen LogP contribution in [0.3, 0.4) is 0 Å². The summed E-state index contributed by atoms with van der Waals surface area (Å²) in [6.07, 6.45) is -3.14. The minimum atomic E-state index is -1.86. The van der Waals surface area contributed by atoms with Crippen LogP contribution in [0.1, 0.15) is 22.8 Å². The summed E-state index contributed by atoms with van der Waals surface area (Å²) in [4.78, 5) is 22.3. The van der Waals surface area contributed by atoms with Gasteiger partial charge < -0.3 is 25.2 Å². The molecule has 2 unspecified atom stereocenters. The first-order valence-electron chi connectivity index (χ1n) is 5.38. The Labute approximate surface area is 108 Å². The van der Waals surface area contributed by atoms with Gasteiger partial charge in [0, 0.05) is 6.07 Å². The van der Waals surface area contributed by atoms with Crippen LogP contribution >= 0.6 is 0 Å². The second-order valence-corrected chi connectivity index (χ2v) is 4.05. The number of benzene rings is 1. The monoisotopic (exact) mass is 270 g/mol. The van der Waals surface area contributed by atoms with E-state index in [1.54, 1.807) is 0 Å². The maximum Gasteiger partial charge on any atom is 0.342 e. The van der Waals surface area contributed by atoms with E-state index in [-0.39, 0.29) is 16.9 Å². The molecule has 104 valence electrons. The number of carbonyl (C=O) groups excluding carboxylic acids is 1. The largest absolute Gasteiger partial charge is 0.508 e. The molecule has 7 heteroatoms. The van der Waals surface area contributed by atoms with Gasteiger partial charge in [-0.1, -0.05) is 0 Å². The number of rotatable bonds is 4. The van der Waals surface area contributed by atoms with Crippen molar-refractivity contribution in [2.24, 2.45) is 0 Å². The second-order valence-electron chi connectivity index (χ2n) is 4.05. The molecule has 0 amide bonds. The highest BCUT2D eigenvalue weighted by Crippen LogP contribution is 2.27. The molecule has 0 aliphatic heterocycles. The van der Waals surface area contributed by atoms with Crippen LogP contribution < -0.4 is 0 Å². The molecule has 0 fully saturated rings. The van der Waals surface area contributed by atoms with Crippen molar-refractivity contribution in [2.75, 3.05) is 0 Å².